The number of rotatable bonds is 9. The van der Waals surface area contributed by atoms with Crippen LogP contribution in [0.4, 0.5) is 0 Å². The lowest BCUT2D eigenvalue weighted by Gasteiger charge is -2.15. The second-order valence-electron chi connectivity index (χ2n) is 6.39. The van der Waals surface area contributed by atoms with Crippen LogP contribution in [0.5, 0.6) is 0 Å². The molecule has 0 bridgehead atoms. The zero-order valence-corrected chi connectivity index (χ0v) is 18.8. The van der Waals surface area contributed by atoms with Gasteiger partial charge in [-0.2, -0.15) is 0 Å². The van der Waals surface area contributed by atoms with E-state index in [1.165, 1.54) is 7.11 Å². The summed E-state index contributed by atoms with van der Waals surface area (Å²) >= 11 is 12.1. The largest absolute Gasteiger partial charge is 0.467 e. The van der Waals surface area contributed by atoms with Crippen molar-refractivity contribution in [1.29, 1.82) is 0 Å². The Balaban J connectivity index is 2.00. The summed E-state index contributed by atoms with van der Waals surface area (Å²) in [6, 6.07) is 11.3. The minimum atomic E-state index is -0.967. The van der Waals surface area contributed by atoms with Crippen molar-refractivity contribution in [3.05, 3.63) is 69.2 Å². The standard InChI is InChI=1S/C23H23Cl2NO5/c1-29-13-14-31-15-17-11-9-16(10-12-17)5-3-8-20(23(28)30-2)26-22(27)21-18(24)6-4-7-19(21)25/h4,6-7,9-12,20H,8,13-15H2,1-2H3,(H,26,27). The van der Waals surface area contributed by atoms with Crippen molar-refractivity contribution in [1.82, 2.24) is 5.32 Å². The molecule has 0 aromatic heterocycles. The maximum absolute atomic E-state index is 12.6. The van der Waals surface area contributed by atoms with E-state index in [1.807, 2.05) is 24.3 Å². The van der Waals surface area contributed by atoms with E-state index in [2.05, 4.69) is 17.2 Å². The van der Waals surface area contributed by atoms with Gasteiger partial charge in [-0.15, -0.1) is 0 Å². The summed E-state index contributed by atoms with van der Waals surface area (Å²) in [6.07, 6.45) is 0.0579. The molecule has 0 aliphatic heterocycles. The number of hydrogen-bond donors (Lipinski definition) is 1. The Kier molecular flexibility index (Phi) is 10.3. The fourth-order valence-corrected chi connectivity index (χ4v) is 3.12. The van der Waals surface area contributed by atoms with Gasteiger partial charge in [-0.3, -0.25) is 4.79 Å². The van der Waals surface area contributed by atoms with Crippen LogP contribution < -0.4 is 5.32 Å². The first kappa shape index (κ1) is 24.7. The van der Waals surface area contributed by atoms with Gasteiger partial charge in [0.1, 0.15) is 6.04 Å². The average Bonchev–Trinajstić information content (AvgIpc) is 2.76. The van der Waals surface area contributed by atoms with Crippen LogP contribution in [-0.4, -0.2) is 45.4 Å². The van der Waals surface area contributed by atoms with E-state index < -0.39 is 17.9 Å². The lowest BCUT2D eigenvalue weighted by atomic mass is 10.1. The zero-order valence-electron chi connectivity index (χ0n) is 17.2. The van der Waals surface area contributed by atoms with Crippen LogP contribution in [0.1, 0.15) is 27.9 Å². The third-order valence-corrected chi connectivity index (χ3v) is 4.80. The van der Waals surface area contributed by atoms with Crippen molar-refractivity contribution < 1.29 is 23.8 Å². The molecular weight excluding hydrogens is 441 g/mol. The number of carbonyl (C=O) groups is 2. The van der Waals surface area contributed by atoms with E-state index in [0.717, 1.165) is 11.1 Å². The normalized spacial score (nSPS) is 11.2. The fraction of sp³-hybridized carbons (Fsp3) is 0.304. The number of ether oxygens (including phenoxy) is 3. The molecule has 8 heteroatoms. The Morgan fingerprint density at radius 2 is 1.71 bits per heavy atom. The summed E-state index contributed by atoms with van der Waals surface area (Å²) in [7, 11) is 2.86. The van der Waals surface area contributed by atoms with E-state index in [9.17, 15) is 9.59 Å². The second kappa shape index (κ2) is 13.0. The molecule has 0 spiro atoms. The van der Waals surface area contributed by atoms with Crippen molar-refractivity contribution in [2.45, 2.75) is 19.1 Å². The first-order valence-electron chi connectivity index (χ1n) is 9.43. The monoisotopic (exact) mass is 463 g/mol. The quantitative estimate of drug-likeness (QED) is 0.347. The summed E-state index contributed by atoms with van der Waals surface area (Å²) < 4.78 is 15.2. The van der Waals surface area contributed by atoms with Crippen LogP contribution in [0.3, 0.4) is 0 Å². The average molecular weight is 464 g/mol. The van der Waals surface area contributed by atoms with Gasteiger partial charge >= 0.3 is 5.97 Å². The smallest absolute Gasteiger partial charge is 0.329 e. The van der Waals surface area contributed by atoms with Gasteiger partial charge in [0, 0.05) is 19.1 Å². The number of methoxy groups -OCH3 is 2. The maximum Gasteiger partial charge on any atom is 0.329 e. The second-order valence-corrected chi connectivity index (χ2v) is 7.21. The van der Waals surface area contributed by atoms with Crippen molar-refractivity contribution in [2.24, 2.45) is 0 Å². The molecular formula is C23H23Cl2NO5. The predicted molar refractivity (Wildman–Crippen MR) is 119 cm³/mol. The van der Waals surface area contributed by atoms with E-state index in [-0.39, 0.29) is 22.0 Å². The van der Waals surface area contributed by atoms with Crippen molar-refractivity contribution in [2.75, 3.05) is 27.4 Å². The van der Waals surface area contributed by atoms with Crippen LogP contribution in [0.25, 0.3) is 0 Å². The topological polar surface area (TPSA) is 73.9 Å². The van der Waals surface area contributed by atoms with Crippen LogP contribution in [0, 0.1) is 11.8 Å². The van der Waals surface area contributed by atoms with Gasteiger partial charge in [0.25, 0.3) is 5.91 Å². The SMILES string of the molecule is COCCOCc1ccc(C#CCC(NC(=O)c2c(Cl)cccc2Cl)C(=O)OC)cc1. The van der Waals surface area contributed by atoms with Crippen molar-refractivity contribution in [3.63, 3.8) is 0 Å². The summed E-state index contributed by atoms with van der Waals surface area (Å²) in [5, 5.41) is 2.96. The number of nitrogens with one attached hydrogen (secondary N) is 1. The fourth-order valence-electron chi connectivity index (χ4n) is 2.55. The van der Waals surface area contributed by atoms with Gasteiger partial charge in [-0.05, 0) is 29.8 Å². The van der Waals surface area contributed by atoms with Gasteiger partial charge < -0.3 is 19.5 Å². The number of hydrogen-bond acceptors (Lipinski definition) is 5. The molecule has 1 unspecified atom stereocenters. The first-order valence-corrected chi connectivity index (χ1v) is 10.2. The number of esters is 1. The van der Waals surface area contributed by atoms with Crippen LogP contribution in [0.15, 0.2) is 42.5 Å². The van der Waals surface area contributed by atoms with Crippen molar-refractivity contribution in [3.8, 4) is 11.8 Å². The Hall–Kier alpha value is -2.56. The lowest BCUT2D eigenvalue weighted by molar-refractivity contribution is -0.142. The van der Waals surface area contributed by atoms with E-state index in [0.29, 0.717) is 19.8 Å². The van der Waals surface area contributed by atoms with E-state index in [1.54, 1.807) is 25.3 Å². The highest BCUT2D eigenvalue weighted by molar-refractivity contribution is 6.39. The minimum absolute atomic E-state index is 0.0579. The molecule has 2 aromatic rings. The zero-order chi connectivity index (χ0) is 22.6. The van der Waals surface area contributed by atoms with Gasteiger partial charge in [0.2, 0.25) is 0 Å². The summed E-state index contributed by atoms with van der Waals surface area (Å²) in [6.45, 7) is 1.56. The lowest BCUT2D eigenvalue weighted by Crippen LogP contribution is -2.41. The summed E-state index contributed by atoms with van der Waals surface area (Å²) in [4.78, 5) is 24.6. The molecule has 164 valence electrons. The van der Waals surface area contributed by atoms with Gasteiger partial charge in [-0.25, -0.2) is 4.79 Å². The Bertz CT molecular complexity index is 930. The van der Waals surface area contributed by atoms with Gasteiger partial charge in [0.15, 0.2) is 0 Å². The Morgan fingerprint density at radius 1 is 1.03 bits per heavy atom. The van der Waals surface area contributed by atoms with E-state index >= 15 is 0 Å². The summed E-state index contributed by atoms with van der Waals surface area (Å²) in [5.41, 5.74) is 1.87. The van der Waals surface area contributed by atoms with Gasteiger partial charge in [0.05, 0.1) is 42.5 Å². The van der Waals surface area contributed by atoms with Crippen LogP contribution in [0.2, 0.25) is 10.0 Å². The highest BCUT2D eigenvalue weighted by atomic mass is 35.5. The van der Waals surface area contributed by atoms with Crippen molar-refractivity contribution >= 4 is 35.1 Å². The Labute approximate surface area is 191 Å². The van der Waals surface area contributed by atoms with Gasteiger partial charge in [-0.1, -0.05) is 53.2 Å². The minimum Gasteiger partial charge on any atom is -0.467 e. The molecule has 0 saturated carbocycles. The number of halogens is 2. The molecule has 0 aliphatic rings. The highest BCUT2D eigenvalue weighted by Gasteiger charge is 2.23. The molecule has 31 heavy (non-hydrogen) atoms. The van der Waals surface area contributed by atoms with Crippen LogP contribution in [-0.2, 0) is 25.6 Å². The third-order valence-electron chi connectivity index (χ3n) is 4.17. The molecule has 2 rings (SSSR count). The molecule has 1 atom stereocenters. The molecule has 0 aliphatic carbocycles. The molecule has 2 aromatic carbocycles. The Morgan fingerprint density at radius 3 is 2.32 bits per heavy atom. The molecule has 1 N–H and O–H groups in total. The molecule has 1 amide bonds. The molecule has 6 nitrogen and oxygen atoms in total. The van der Waals surface area contributed by atoms with E-state index in [4.69, 9.17) is 37.4 Å². The summed E-state index contributed by atoms with van der Waals surface area (Å²) in [5.74, 6) is 4.68. The maximum atomic E-state index is 12.6. The van der Waals surface area contributed by atoms with Crippen LogP contribution >= 0.6 is 23.2 Å². The predicted octanol–water partition coefficient (Wildman–Crippen LogP) is 3.87. The molecule has 0 radical (unpaired) electrons. The molecule has 0 heterocycles. The number of carbonyl (C=O) groups excluding carboxylic acids is 2. The number of benzene rings is 2. The first-order chi connectivity index (χ1) is 15.0. The molecule has 0 fully saturated rings. The highest BCUT2D eigenvalue weighted by Crippen LogP contribution is 2.24. The third kappa shape index (κ3) is 7.89. The number of amides is 1. The molecule has 0 saturated heterocycles.